The molecule has 1 aromatic rings. The summed E-state index contributed by atoms with van der Waals surface area (Å²) >= 11 is 3.39. The Hall–Kier alpha value is -0.640. The second-order valence-corrected chi connectivity index (χ2v) is 4.69. The Morgan fingerprint density at radius 2 is 1.93 bits per heavy atom. The molecule has 0 amide bonds. The number of rotatable bonds is 1. The van der Waals surface area contributed by atoms with Crippen LogP contribution in [-0.2, 0) is 0 Å². The van der Waals surface area contributed by atoms with Gasteiger partial charge in [0, 0.05) is 5.92 Å². The van der Waals surface area contributed by atoms with Crippen LogP contribution in [0.15, 0.2) is 10.5 Å². The molecule has 0 radical (unpaired) electrons. The number of hydrogen-bond acceptors (Lipinski definition) is 3. The molecule has 1 aliphatic carbocycles. The third kappa shape index (κ3) is 2.05. The first kappa shape index (κ1) is 9.90. The van der Waals surface area contributed by atoms with E-state index in [2.05, 4.69) is 26.1 Å². The van der Waals surface area contributed by atoms with Crippen LogP contribution in [0.5, 0.6) is 0 Å². The number of nitrogens with two attached hydrogens (primary N) is 1. The van der Waals surface area contributed by atoms with Gasteiger partial charge in [-0.05, 0) is 34.8 Å². The summed E-state index contributed by atoms with van der Waals surface area (Å²) in [6.07, 6.45) is 6.47. The van der Waals surface area contributed by atoms with E-state index in [1.54, 1.807) is 0 Å². The molecule has 2 rings (SSSR count). The van der Waals surface area contributed by atoms with Crippen molar-refractivity contribution in [2.75, 3.05) is 5.73 Å². The summed E-state index contributed by atoms with van der Waals surface area (Å²) in [7, 11) is 0. The smallest absolute Gasteiger partial charge is 0.160 e. The number of aromatic nitrogens is 2. The van der Waals surface area contributed by atoms with Gasteiger partial charge in [-0.15, -0.1) is 5.10 Å². The molecule has 1 heterocycles. The quantitative estimate of drug-likeness (QED) is 0.840. The molecule has 0 bridgehead atoms. The summed E-state index contributed by atoms with van der Waals surface area (Å²) < 4.78 is 0.869. The molecule has 3 nitrogen and oxygen atoms in total. The van der Waals surface area contributed by atoms with E-state index in [0.29, 0.717) is 11.7 Å². The monoisotopic (exact) mass is 255 g/mol. The van der Waals surface area contributed by atoms with Crippen molar-refractivity contribution >= 4 is 21.7 Å². The van der Waals surface area contributed by atoms with Gasteiger partial charge < -0.3 is 5.73 Å². The number of anilines is 1. The molecular weight excluding hydrogens is 242 g/mol. The van der Waals surface area contributed by atoms with Gasteiger partial charge in [-0.1, -0.05) is 19.3 Å². The van der Waals surface area contributed by atoms with E-state index < -0.39 is 0 Å². The van der Waals surface area contributed by atoms with Crippen molar-refractivity contribution in [3.05, 3.63) is 16.2 Å². The Labute approximate surface area is 92.2 Å². The van der Waals surface area contributed by atoms with E-state index in [4.69, 9.17) is 5.73 Å². The molecule has 0 spiro atoms. The van der Waals surface area contributed by atoms with Gasteiger partial charge >= 0.3 is 0 Å². The molecule has 14 heavy (non-hydrogen) atoms. The molecular formula is C10H14BrN3. The molecule has 1 fully saturated rings. The highest BCUT2D eigenvalue weighted by molar-refractivity contribution is 9.10. The molecule has 2 N–H and O–H groups in total. The van der Waals surface area contributed by atoms with Gasteiger partial charge in [-0.25, -0.2) is 0 Å². The summed E-state index contributed by atoms with van der Waals surface area (Å²) in [5.74, 6) is 1.07. The summed E-state index contributed by atoms with van der Waals surface area (Å²) in [4.78, 5) is 0. The maximum Gasteiger partial charge on any atom is 0.160 e. The maximum absolute atomic E-state index is 5.60. The molecule has 0 aromatic carbocycles. The molecule has 0 atom stereocenters. The SMILES string of the molecule is Nc1nnc(C2CCCCC2)cc1Br. The first-order valence-electron chi connectivity index (χ1n) is 5.06. The fourth-order valence-corrected chi connectivity index (χ4v) is 2.30. The van der Waals surface area contributed by atoms with Crippen molar-refractivity contribution < 1.29 is 0 Å². The van der Waals surface area contributed by atoms with E-state index >= 15 is 0 Å². The average molecular weight is 256 g/mol. The normalized spacial score (nSPS) is 18.4. The lowest BCUT2D eigenvalue weighted by atomic mass is 9.87. The zero-order valence-electron chi connectivity index (χ0n) is 8.04. The van der Waals surface area contributed by atoms with E-state index in [9.17, 15) is 0 Å². The highest BCUT2D eigenvalue weighted by Gasteiger charge is 2.17. The Bertz CT molecular complexity index is 321. The van der Waals surface area contributed by atoms with Crippen LogP contribution in [0.2, 0.25) is 0 Å². The molecule has 0 aliphatic heterocycles. The molecule has 76 valence electrons. The van der Waals surface area contributed by atoms with Crippen molar-refractivity contribution in [2.45, 2.75) is 38.0 Å². The maximum atomic E-state index is 5.60. The Morgan fingerprint density at radius 1 is 1.21 bits per heavy atom. The second-order valence-electron chi connectivity index (χ2n) is 3.84. The van der Waals surface area contributed by atoms with Gasteiger partial charge in [0.25, 0.3) is 0 Å². The van der Waals surface area contributed by atoms with Gasteiger partial charge in [0.05, 0.1) is 10.2 Å². The van der Waals surface area contributed by atoms with Gasteiger partial charge in [0.1, 0.15) is 0 Å². The highest BCUT2D eigenvalue weighted by Crippen LogP contribution is 2.32. The first-order valence-corrected chi connectivity index (χ1v) is 5.85. The van der Waals surface area contributed by atoms with Gasteiger partial charge in [0.2, 0.25) is 0 Å². The minimum absolute atomic E-state index is 0.476. The van der Waals surface area contributed by atoms with Crippen molar-refractivity contribution in [3.8, 4) is 0 Å². The van der Waals surface area contributed by atoms with Crippen LogP contribution < -0.4 is 5.73 Å². The summed E-state index contributed by atoms with van der Waals surface area (Å²) in [5.41, 5.74) is 6.69. The predicted molar refractivity (Wildman–Crippen MR) is 60.0 cm³/mol. The first-order chi connectivity index (χ1) is 6.77. The van der Waals surface area contributed by atoms with Gasteiger partial charge in [0.15, 0.2) is 5.82 Å². The summed E-state index contributed by atoms with van der Waals surface area (Å²) in [5, 5.41) is 8.09. The van der Waals surface area contributed by atoms with Crippen molar-refractivity contribution in [1.82, 2.24) is 10.2 Å². The van der Waals surface area contributed by atoms with Crippen LogP contribution in [0.4, 0.5) is 5.82 Å². The van der Waals surface area contributed by atoms with Crippen LogP contribution in [0, 0.1) is 0 Å². The molecule has 1 aromatic heterocycles. The Morgan fingerprint density at radius 3 is 2.57 bits per heavy atom. The largest absolute Gasteiger partial charge is 0.381 e. The minimum Gasteiger partial charge on any atom is -0.381 e. The summed E-state index contributed by atoms with van der Waals surface area (Å²) in [6.45, 7) is 0. The van der Waals surface area contributed by atoms with Crippen LogP contribution >= 0.6 is 15.9 Å². The number of nitrogen functional groups attached to an aromatic ring is 1. The number of nitrogens with zero attached hydrogens (tertiary/aromatic N) is 2. The van der Waals surface area contributed by atoms with Crippen molar-refractivity contribution in [3.63, 3.8) is 0 Å². The average Bonchev–Trinajstić information content (AvgIpc) is 2.23. The fraction of sp³-hybridized carbons (Fsp3) is 0.600. The van der Waals surface area contributed by atoms with Crippen molar-refractivity contribution in [2.24, 2.45) is 0 Å². The molecule has 0 unspecified atom stereocenters. The molecule has 1 saturated carbocycles. The van der Waals surface area contributed by atoms with E-state index in [-0.39, 0.29) is 0 Å². The highest BCUT2D eigenvalue weighted by atomic mass is 79.9. The Balaban J connectivity index is 2.18. The lowest BCUT2D eigenvalue weighted by Gasteiger charge is -2.20. The Kier molecular flexibility index (Phi) is 3.01. The minimum atomic E-state index is 0.476. The van der Waals surface area contributed by atoms with Gasteiger partial charge in [-0.2, -0.15) is 5.10 Å². The number of hydrogen-bond donors (Lipinski definition) is 1. The third-order valence-corrected chi connectivity index (χ3v) is 3.45. The topological polar surface area (TPSA) is 51.8 Å². The fourth-order valence-electron chi connectivity index (χ4n) is 1.99. The zero-order valence-corrected chi connectivity index (χ0v) is 9.63. The van der Waals surface area contributed by atoms with E-state index in [0.717, 1.165) is 10.2 Å². The van der Waals surface area contributed by atoms with Crippen LogP contribution in [-0.4, -0.2) is 10.2 Å². The molecule has 1 aliphatic rings. The van der Waals surface area contributed by atoms with Crippen molar-refractivity contribution in [1.29, 1.82) is 0 Å². The number of halogens is 1. The molecule has 4 heteroatoms. The third-order valence-electron chi connectivity index (χ3n) is 2.82. The summed E-state index contributed by atoms with van der Waals surface area (Å²) in [6, 6.07) is 2.01. The van der Waals surface area contributed by atoms with Gasteiger partial charge in [-0.3, -0.25) is 0 Å². The standard InChI is InChI=1S/C10H14BrN3/c11-8-6-9(13-14-10(8)12)7-4-2-1-3-5-7/h6-7H,1-5H2,(H2,12,14). The van der Waals surface area contributed by atoms with Crippen LogP contribution in [0.3, 0.4) is 0 Å². The zero-order chi connectivity index (χ0) is 9.97. The van der Waals surface area contributed by atoms with Crippen LogP contribution in [0.1, 0.15) is 43.7 Å². The second kappa shape index (κ2) is 4.26. The van der Waals surface area contributed by atoms with E-state index in [1.807, 2.05) is 6.07 Å². The molecule has 0 saturated heterocycles. The predicted octanol–water partition coefficient (Wildman–Crippen LogP) is 2.87. The lowest BCUT2D eigenvalue weighted by Crippen LogP contribution is -2.08. The lowest BCUT2D eigenvalue weighted by molar-refractivity contribution is 0.434. The van der Waals surface area contributed by atoms with E-state index in [1.165, 1.54) is 32.1 Å². The van der Waals surface area contributed by atoms with Crippen LogP contribution in [0.25, 0.3) is 0 Å².